The van der Waals surface area contributed by atoms with Gasteiger partial charge < -0.3 is 4.90 Å². The number of anilines is 1. The van der Waals surface area contributed by atoms with Gasteiger partial charge in [-0.3, -0.25) is 0 Å². The second-order valence-corrected chi connectivity index (χ2v) is 4.76. The summed E-state index contributed by atoms with van der Waals surface area (Å²) >= 11 is 0. The normalized spacial score (nSPS) is 16.5. The summed E-state index contributed by atoms with van der Waals surface area (Å²) in [6.45, 7) is 1.03. The highest BCUT2D eigenvalue weighted by Gasteiger charge is 2.16. The molecule has 0 aromatic carbocycles. The molecule has 2 rings (SSSR count). The van der Waals surface area contributed by atoms with Crippen molar-refractivity contribution in [2.75, 3.05) is 18.5 Å². The Morgan fingerprint density at radius 3 is 2.82 bits per heavy atom. The Bertz CT molecular complexity index is 404. The molecular weight excluding hydrogens is 212 g/mol. The Morgan fingerprint density at radius 2 is 2.12 bits per heavy atom. The van der Waals surface area contributed by atoms with E-state index in [-0.39, 0.29) is 0 Å². The van der Waals surface area contributed by atoms with Gasteiger partial charge in [-0.1, -0.05) is 19.3 Å². The van der Waals surface area contributed by atoms with Gasteiger partial charge in [0.15, 0.2) is 0 Å². The van der Waals surface area contributed by atoms with Crippen molar-refractivity contribution in [1.82, 2.24) is 9.97 Å². The van der Waals surface area contributed by atoms with Crippen molar-refractivity contribution in [2.24, 2.45) is 5.92 Å². The van der Waals surface area contributed by atoms with E-state index in [4.69, 9.17) is 5.26 Å². The number of nitrogens with zero attached hydrogens (tertiary/aromatic N) is 4. The Kier molecular flexibility index (Phi) is 3.92. The molecule has 90 valence electrons. The second-order valence-electron chi connectivity index (χ2n) is 4.76. The maximum Gasteiger partial charge on any atom is 0.145 e. The fourth-order valence-electron chi connectivity index (χ4n) is 2.47. The Hall–Kier alpha value is -1.63. The highest BCUT2D eigenvalue weighted by Crippen LogP contribution is 2.25. The zero-order valence-corrected chi connectivity index (χ0v) is 10.3. The molecule has 0 aliphatic heterocycles. The third kappa shape index (κ3) is 3.16. The van der Waals surface area contributed by atoms with Crippen LogP contribution < -0.4 is 4.90 Å². The fraction of sp³-hybridized carbons (Fsp3) is 0.615. The average Bonchev–Trinajstić information content (AvgIpc) is 2.40. The highest BCUT2D eigenvalue weighted by atomic mass is 15.2. The van der Waals surface area contributed by atoms with Gasteiger partial charge in [0, 0.05) is 19.7 Å². The lowest BCUT2D eigenvalue weighted by Crippen LogP contribution is -2.27. The molecule has 0 unspecified atom stereocenters. The van der Waals surface area contributed by atoms with Crippen LogP contribution in [0.3, 0.4) is 0 Å². The molecule has 1 aromatic heterocycles. The van der Waals surface area contributed by atoms with Gasteiger partial charge in [0.05, 0.1) is 0 Å². The van der Waals surface area contributed by atoms with Gasteiger partial charge in [-0.25, -0.2) is 9.97 Å². The van der Waals surface area contributed by atoms with Crippen LogP contribution in [0.5, 0.6) is 0 Å². The Morgan fingerprint density at radius 1 is 1.35 bits per heavy atom. The van der Waals surface area contributed by atoms with E-state index in [1.807, 2.05) is 13.1 Å². The molecule has 1 aliphatic rings. The number of hydrogen-bond donors (Lipinski definition) is 0. The molecule has 0 bridgehead atoms. The minimum atomic E-state index is 0.436. The van der Waals surface area contributed by atoms with E-state index in [1.54, 1.807) is 6.07 Å². The van der Waals surface area contributed by atoms with E-state index >= 15 is 0 Å². The first-order chi connectivity index (χ1) is 8.29. The van der Waals surface area contributed by atoms with Gasteiger partial charge in [0.2, 0.25) is 0 Å². The molecule has 0 saturated heterocycles. The molecule has 4 heteroatoms. The van der Waals surface area contributed by atoms with Crippen molar-refractivity contribution < 1.29 is 0 Å². The highest BCUT2D eigenvalue weighted by molar-refractivity contribution is 5.40. The minimum absolute atomic E-state index is 0.436. The quantitative estimate of drug-likeness (QED) is 0.800. The molecule has 1 saturated carbocycles. The minimum Gasteiger partial charge on any atom is -0.359 e. The lowest BCUT2D eigenvalue weighted by Gasteiger charge is -2.27. The van der Waals surface area contributed by atoms with Crippen LogP contribution in [0.25, 0.3) is 0 Å². The van der Waals surface area contributed by atoms with Crippen LogP contribution in [0, 0.1) is 17.2 Å². The second kappa shape index (κ2) is 5.62. The topological polar surface area (TPSA) is 52.8 Å². The maximum atomic E-state index is 8.81. The van der Waals surface area contributed by atoms with Gasteiger partial charge in [-0.05, 0) is 18.8 Å². The van der Waals surface area contributed by atoms with Gasteiger partial charge in [-0.2, -0.15) is 5.26 Å². The van der Waals surface area contributed by atoms with E-state index in [0.717, 1.165) is 18.3 Å². The zero-order valence-electron chi connectivity index (χ0n) is 10.3. The molecule has 1 aliphatic carbocycles. The fourth-order valence-corrected chi connectivity index (χ4v) is 2.47. The monoisotopic (exact) mass is 230 g/mol. The number of nitriles is 1. The van der Waals surface area contributed by atoms with Crippen LogP contribution in [0.1, 0.15) is 37.8 Å². The van der Waals surface area contributed by atoms with Crippen molar-refractivity contribution in [1.29, 1.82) is 5.26 Å². The lowest BCUT2D eigenvalue weighted by atomic mass is 9.89. The predicted octanol–water partition coefficient (Wildman–Crippen LogP) is 2.36. The summed E-state index contributed by atoms with van der Waals surface area (Å²) < 4.78 is 0. The van der Waals surface area contributed by atoms with Gasteiger partial charge in [0.1, 0.15) is 23.9 Å². The predicted molar refractivity (Wildman–Crippen MR) is 66.6 cm³/mol. The number of aromatic nitrogens is 2. The largest absolute Gasteiger partial charge is 0.359 e. The molecule has 4 nitrogen and oxygen atoms in total. The van der Waals surface area contributed by atoms with E-state index in [1.165, 1.54) is 38.4 Å². The van der Waals surface area contributed by atoms with E-state index in [0.29, 0.717) is 5.69 Å². The summed E-state index contributed by atoms with van der Waals surface area (Å²) in [6, 6.07) is 3.80. The van der Waals surface area contributed by atoms with Crippen molar-refractivity contribution in [2.45, 2.75) is 32.1 Å². The maximum absolute atomic E-state index is 8.81. The SMILES string of the molecule is CN(CC1CCCCC1)c1cc(C#N)ncn1. The summed E-state index contributed by atoms with van der Waals surface area (Å²) in [7, 11) is 2.04. The molecule has 0 spiro atoms. The van der Waals surface area contributed by atoms with E-state index in [9.17, 15) is 0 Å². The smallest absolute Gasteiger partial charge is 0.145 e. The molecule has 0 radical (unpaired) electrons. The first kappa shape index (κ1) is 11.8. The summed E-state index contributed by atoms with van der Waals surface area (Å²) in [5.74, 6) is 1.62. The van der Waals surface area contributed by atoms with Crippen molar-refractivity contribution in [3.63, 3.8) is 0 Å². The Balaban J connectivity index is 1.98. The molecule has 1 heterocycles. The first-order valence-corrected chi connectivity index (χ1v) is 6.23. The van der Waals surface area contributed by atoms with Crippen LogP contribution in [0.15, 0.2) is 12.4 Å². The first-order valence-electron chi connectivity index (χ1n) is 6.23. The summed E-state index contributed by atoms with van der Waals surface area (Å²) in [6.07, 6.45) is 8.19. The third-order valence-corrected chi connectivity index (χ3v) is 3.42. The van der Waals surface area contributed by atoms with E-state index in [2.05, 4.69) is 14.9 Å². The van der Waals surface area contributed by atoms with Crippen LogP contribution in [-0.4, -0.2) is 23.6 Å². The van der Waals surface area contributed by atoms with Crippen LogP contribution in [0.2, 0.25) is 0 Å². The van der Waals surface area contributed by atoms with Crippen LogP contribution in [-0.2, 0) is 0 Å². The number of hydrogen-bond acceptors (Lipinski definition) is 4. The Labute approximate surface area is 102 Å². The van der Waals surface area contributed by atoms with E-state index < -0.39 is 0 Å². The summed E-state index contributed by atoms with van der Waals surface area (Å²) in [4.78, 5) is 10.2. The van der Waals surface area contributed by atoms with Gasteiger partial charge in [-0.15, -0.1) is 0 Å². The molecule has 1 aromatic rings. The van der Waals surface area contributed by atoms with Gasteiger partial charge >= 0.3 is 0 Å². The molecule has 1 fully saturated rings. The molecule has 0 N–H and O–H groups in total. The molecule has 0 atom stereocenters. The van der Waals surface area contributed by atoms with Crippen LogP contribution >= 0.6 is 0 Å². The van der Waals surface area contributed by atoms with Gasteiger partial charge in [0.25, 0.3) is 0 Å². The number of rotatable bonds is 3. The van der Waals surface area contributed by atoms with Crippen molar-refractivity contribution >= 4 is 5.82 Å². The van der Waals surface area contributed by atoms with Crippen molar-refractivity contribution in [3.05, 3.63) is 18.1 Å². The molecular formula is C13H18N4. The summed E-state index contributed by atoms with van der Waals surface area (Å²) in [5.41, 5.74) is 0.436. The lowest BCUT2D eigenvalue weighted by molar-refractivity contribution is 0.361. The molecule has 0 amide bonds. The van der Waals surface area contributed by atoms with Crippen molar-refractivity contribution in [3.8, 4) is 6.07 Å². The molecule has 17 heavy (non-hydrogen) atoms. The standard InChI is InChI=1S/C13H18N4/c1-17(9-11-5-3-2-4-6-11)13-7-12(8-14)15-10-16-13/h7,10-11H,2-6,9H2,1H3. The average molecular weight is 230 g/mol. The van der Waals surface area contributed by atoms with Crippen LogP contribution in [0.4, 0.5) is 5.82 Å². The summed E-state index contributed by atoms with van der Waals surface area (Å²) in [5, 5.41) is 8.81. The third-order valence-electron chi connectivity index (χ3n) is 3.42. The zero-order chi connectivity index (χ0) is 12.1.